The number of halogens is 1. The second kappa shape index (κ2) is 6.49. The van der Waals surface area contributed by atoms with Crippen LogP contribution >= 0.6 is 11.8 Å². The molecule has 0 bridgehead atoms. The maximum Gasteiger partial charge on any atom is 0.237 e. The first-order chi connectivity index (χ1) is 12.5. The van der Waals surface area contributed by atoms with Gasteiger partial charge in [0, 0.05) is 17.3 Å². The molecule has 0 saturated heterocycles. The van der Waals surface area contributed by atoms with Gasteiger partial charge in [-0.05, 0) is 32.4 Å². The molecule has 1 aromatic carbocycles. The van der Waals surface area contributed by atoms with Crippen LogP contribution in [0.1, 0.15) is 23.0 Å². The van der Waals surface area contributed by atoms with Crippen molar-refractivity contribution in [3.63, 3.8) is 0 Å². The molecule has 0 N–H and O–H groups in total. The van der Waals surface area contributed by atoms with E-state index in [2.05, 4.69) is 25.3 Å². The van der Waals surface area contributed by atoms with Gasteiger partial charge in [-0.3, -0.25) is 4.40 Å². The Balaban J connectivity index is 1.54. The van der Waals surface area contributed by atoms with E-state index in [0.29, 0.717) is 33.8 Å². The van der Waals surface area contributed by atoms with Gasteiger partial charge in [0.25, 0.3) is 0 Å². The Hall–Kier alpha value is -2.81. The van der Waals surface area contributed by atoms with E-state index >= 15 is 0 Å². The SMILES string of the molecule is Cc1cc2nnc(SCc3nc(-c4ccc(C)c(F)c4)no3)n2c(C)n1. The van der Waals surface area contributed by atoms with Crippen molar-refractivity contribution in [1.82, 2.24) is 29.7 Å². The first-order valence-corrected chi connectivity index (χ1v) is 8.91. The first-order valence-electron chi connectivity index (χ1n) is 7.92. The van der Waals surface area contributed by atoms with Gasteiger partial charge in [-0.15, -0.1) is 10.2 Å². The zero-order valence-electron chi connectivity index (χ0n) is 14.4. The van der Waals surface area contributed by atoms with Crippen molar-refractivity contribution in [2.75, 3.05) is 0 Å². The van der Waals surface area contributed by atoms with E-state index in [4.69, 9.17) is 4.52 Å². The number of hydrogen-bond acceptors (Lipinski definition) is 7. The van der Waals surface area contributed by atoms with Crippen LogP contribution < -0.4 is 0 Å². The van der Waals surface area contributed by atoms with Crippen molar-refractivity contribution in [2.24, 2.45) is 0 Å². The fraction of sp³-hybridized carbons (Fsp3) is 0.235. The normalized spacial score (nSPS) is 11.4. The molecule has 4 aromatic rings. The second-order valence-electron chi connectivity index (χ2n) is 5.89. The van der Waals surface area contributed by atoms with Crippen molar-refractivity contribution in [3.8, 4) is 11.4 Å². The molecule has 0 amide bonds. The quantitative estimate of drug-likeness (QED) is 0.508. The summed E-state index contributed by atoms with van der Waals surface area (Å²) in [4.78, 5) is 8.76. The third kappa shape index (κ3) is 3.05. The molecule has 132 valence electrons. The molecular weight excluding hydrogens is 355 g/mol. The van der Waals surface area contributed by atoms with Gasteiger partial charge in [-0.1, -0.05) is 29.1 Å². The van der Waals surface area contributed by atoms with Crippen LogP contribution in [0.15, 0.2) is 33.9 Å². The number of hydrogen-bond donors (Lipinski definition) is 0. The maximum atomic E-state index is 13.7. The predicted molar refractivity (Wildman–Crippen MR) is 94.2 cm³/mol. The minimum Gasteiger partial charge on any atom is -0.338 e. The first kappa shape index (κ1) is 16.6. The van der Waals surface area contributed by atoms with Gasteiger partial charge >= 0.3 is 0 Å². The zero-order chi connectivity index (χ0) is 18.3. The van der Waals surface area contributed by atoms with Crippen molar-refractivity contribution < 1.29 is 8.91 Å². The second-order valence-corrected chi connectivity index (χ2v) is 6.83. The monoisotopic (exact) mass is 370 g/mol. The van der Waals surface area contributed by atoms with Crippen LogP contribution in [0.25, 0.3) is 17.0 Å². The van der Waals surface area contributed by atoms with Crippen LogP contribution in [0.2, 0.25) is 0 Å². The third-order valence-electron chi connectivity index (χ3n) is 3.88. The Morgan fingerprint density at radius 3 is 2.77 bits per heavy atom. The Labute approximate surface area is 152 Å². The van der Waals surface area contributed by atoms with E-state index in [1.165, 1.54) is 17.8 Å². The van der Waals surface area contributed by atoms with Crippen LogP contribution in [0.5, 0.6) is 0 Å². The van der Waals surface area contributed by atoms with Crippen LogP contribution in [0, 0.1) is 26.6 Å². The standard InChI is InChI=1S/C17H15FN6OS/c1-9-4-5-12(7-13(9)18)16-20-15(25-23-16)8-26-17-22-21-14-6-10(2)19-11(3)24(14)17/h4-7H,8H2,1-3H3. The van der Waals surface area contributed by atoms with Crippen LogP contribution in [0.3, 0.4) is 0 Å². The molecule has 3 aromatic heterocycles. The fourth-order valence-electron chi connectivity index (χ4n) is 2.59. The van der Waals surface area contributed by atoms with Gasteiger partial charge in [0.05, 0.1) is 5.75 Å². The highest BCUT2D eigenvalue weighted by Crippen LogP contribution is 2.24. The molecule has 0 atom stereocenters. The summed E-state index contributed by atoms with van der Waals surface area (Å²) in [5.74, 6) is 1.74. The van der Waals surface area contributed by atoms with Gasteiger partial charge in [-0.2, -0.15) is 4.98 Å². The lowest BCUT2D eigenvalue weighted by Gasteiger charge is -2.02. The maximum absolute atomic E-state index is 13.7. The topological polar surface area (TPSA) is 82.0 Å². The van der Waals surface area contributed by atoms with E-state index in [1.807, 2.05) is 24.3 Å². The summed E-state index contributed by atoms with van der Waals surface area (Å²) in [5.41, 5.74) is 2.80. The van der Waals surface area contributed by atoms with E-state index in [0.717, 1.165) is 17.2 Å². The molecule has 7 nitrogen and oxygen atoms in total. The average Bonchev–Trinajstić information content (AvgIpc) is 3.22. The van der Waals surface area contributed by atoms with E-state index < -0.39 is 0 Å². The Morgan fingerprint density at radius 1 is 1.12 bits per heavy atom. The van der Waals surface area contributed by atoms with Gasteiger partial charge in [-0.25, -0.2) is 9.37 Å². The summed E-state index contributed by atoms with van der Waals surface area (Å²) in [5, 5.41) is 13.0. The summed E-state index contributed by atoms with van der Waals surface area (Å²) in [6, 6.07) is 6.74. The van der Waals surface area contributed by atoms with Crippen LogP contribution in [0.4, 0.5) is 4.39 Å². The molecular formula is C17H15FN6OS. The van der Waals surface area contributed by atoms with Crippen molar-refractivity contribution in [2.45, 2.75) is 31.7 Å². The highest BCUT2D eigenvalue weighted by atomic mass is 32.2. The number of aryl methyl sites for hydroxylation is 3. The molecule has 26 heavy (non-hydrogen) atoms. The van der Waals surface area contributed by atoms with Crippen molar-refractivity contribution in [3.05, 3.63) is 53.1 Å². The highest BCUT2D eigenvalue weighted by Gasteiger charge is 2.14. The van der Waals surface area contributed by atoms with Crippen LogP contribution in [-0.4, -0.2) is 29.7 Å². The molecule has 0 aliphatic rings. The number of aromatic nitrogens is 6. The highest BCUT2D eigenvalue weighted by molar-refractivity contribution is 7.98. The number of fused-ring (bicyclic) bond motifs is 1. The predicted octanol–water partition coefficient (Wildman–Crippen LogP) is 3.53. The smallest absolute Gasteiger partial charge is 0.237 e. The van der Waals surface area contributed by atoms with Crippen molar-refractivity contribution in [1.29, 1.82) is 0 Å². The van der Waals surface area contributed by atoms with E-state index in [1.54, 1.807) is 19.1 Å². The molecule has 9 heteroatoms. The molecule has 0 saturated carbocycles. The lowest BCUT2D eigenvalue weighted by molar-refractivity contribution is 0.391. The van der Waals surface area contributed by atoms with Gasteiger partial charge in [0.2, 0.25) is 11.7 Å². The van der Waals surface area contributed by atoms with Crippen LogP contribution in [-0.2, 0) is 5.75 Å². The summed E-state index contributed by atoms with van der Waals surface area (Å²) < 4.78 is 20.9. The number of benzene rings is 1. The number of nitrogens with zero attached hydrogens (tertiary/aromatic N) is 6. The summed E-state index contributed by atoms with van der Waals surface area (Å²) >= 11 is 1.42. The lowest BCUT2D eigenvalue weighted by atomic mass is 10.1. The Morgan fingerprint density at radius 2 is 1.96 bits per heavy atom. The lowest BCUT2D eigenvalue weighted by Crippen LogP contribution is -1.98. The minimum atomic E-state index is -0.295. The number of rotatable bonds is 4. The van der Waals surface area contributed by atoms with Gasteiger partial charge in [0.15, 0.2) is 10.8 Å². The fourth-order valence-corrected chi connectivity index (χ4v) is 3.41. The zero-order valence-corrected chi connectivity index (χ0v) is 15.2. The average molecular weight is 370 g/mol. The number of thioether (sulfide) groups is 1. The molecule has 0 unspecified atom stereocenters. The summed E-state index contributed by atoms with van der Waals surface area (Å²) in [6.07, 6.45) is 0. The molecule has 0 radical (unpaired) electrons. The minimum absolute atomic E-state index is 0.295. The van der Waals surface area contributed by atoms with Gasteiger partial charge in [0.1, 0.15) is 11.6 Å². The molecule has 0 fully saturated rings. The molecule has 0 aliphatic carbocycles. The van der Waals surface area contributed by atoms with E-state index in [-0.39, 0.29) is 5.82 Å². The largest absolute Gasteiger partial charge is 0.338 e. The van der Waals surface area contributed by atoms with Gasteiger partial charge < -0.3 is 4.52 Å². The summed E-state index contributed by atoms with van der Waals surface area (Å²) in [7, 11) is 0. The molecule has 0 aliphatic heterocycles. The van der Waals surface area contributed by atoms with Crippen molar-refractivity contribution >= 4 is 17.4 Å². The molecule has 0 spiro atoms. The van der Waals surface area contributed by atoms with E-state index in [9.17, 15) is 4.39 Å². The Bertz CT molecular complexity index is 1110. The Kier molecular flexibility index (Phi) is 4.15. The third-order valence-corrected chi connectivity index (χ3v) is 4.79. The summed E-state index contributed by atoms with van der Waals surface area (Å²) in [6.45, 7) is 5.53. The molecule has 3 heterocycles. The molecule has 4 rings (SSSR count).